The van der Waals surface area contributed by atoms with Crippen LogP contribution in [0.15, 0.2) is 109 Å². The molecule has 0 rings (SSSR count). The third kappa shape index (κ3) is 70.2. The molecule has 0 aromatic rings. The summed E-state index contributed by atoms with van der Waals surface area (Å²) in [5.41, 5.74) is 0. The molecule has 19 heteroatoms. The molecule has 98 heavy (non-hydrogen) atoms. The first-order valence-corrected chi connectivity index (χ1v) is 41.1. The molecule has 0 bridgehead atoms. The molecule has 0 heterocycles. The number of aliphatic hydroxyl groups is 1. The predicted octanol–water partition coefficient (Wildman–Crippen LogP) is 21.8. The zero-order chi connectivity index (χ0) is 71.8. The lowest BCUT2D eigenvalue weighted by Gasteiger charge is -2.21. The third-order valence-corrected chi connectivity index (χ3v) is 17.6. The van der Waals surface area contributed by atoms with E-state index in [9.17, 15) is 43.2 Å². The van der Waals surface area contributed by atoms with Gasteiger partial charge in [0.15, 0.2) is 12.2 Å². The number of hydrogen-bond acceptors (Lipinski definition) is 15. The highest BCUT2D eigenvalue weighted by atomic mass is 31.2. The molecule has 0 aromatic heterocycles. The number of hydrogen-bond donors (Lipinski definition) is 3. The maximum Gasteiger partial charge on any atom is 0.472 e. The molecule has 0 saturated heterocycles. The first kappa shape index (κ1) is 93.7. The fourth-order valence-electron chi connectivity index (χ4n) is 9.90. The number of carbonyl (C=O) groups is 4. The number of carbonyl (C=O) groups excluding carboxylic acids is 4. The van der Waals surface area contributed by atoms with Crippen molar-refractivity contribution in [3.05, 3.63) is 109 Å². The Morgan fingerprint density at radius 2 is 0.541 bits per heavy atom. The van der Waals surface area contributed by atoms with E-state index in [1.54, 1.807) is 0 Å². The maximum absolute atomic E-state index is 13.1. The number of allylic oxidation sites excluding steroid dienone is 18. The zero-order valence-electron chi connectivity index (χ0n) is 61.4. The van der Waals surface area contributed by atoms with Gasteiger partial charge in [0.25, 0.3) is 0 Å². The van der Waals surface area contributed by atoms with Crippen LogP contribution in [0, 0.1) is 0 Å². The van der Waals surface area contributed by atoms with E-state index in [0.717, 1.165) is 148 Å². The number of rotatable bonds is 71. The van der Waals surface area contributed by atoms with Crippen LogP contribution in [-0.4, -0.2) is 96.7 Å². The van der Waals surface area contributed by atoms with E-state index < -0.39 is 97.5 Å². The van der Waals surface area contributed by atoms with E-state index in [4.69, 9.17) is 37.0 Å². The monoisotopic (exact) mass is 1420 g/mol. The Kier molecular flexibility index (Phi) is 68.0. The van der Waals surface area contributed by atoms with Crippen LogP contribution in [0.1, 0.15) is 310 Å². The molecule has 0 aromatic carbocycles. The van der Waals surface area contributed by atoms with Crippen molar-refractivity contribution in [1.82, 2.24) is 0 Å². The van der Waals surface area contributed by atoms with Gasteiger partial charge in [-0.2, -0.15) is 0 Å². The van der Waals surface area contributed by atoms with E-state index in [0.29, 0.717) is 32.1 Å². The Labute approximate surface area is 594 Å². The van der Waals surface area contributed by atoms with Crippen LogP contribution in [0.2, 0.25) is 0 Å². The van der Waals surface area contributed by atoms with Crippen molar-refractivity contribution in [2.75, 3.05) is 39.6 Å². The highest BCUT2D eigenvalue weighted by Crippen LogP contribution is 2.45. The van der Waals surface area contributed by atoms with Gasteiger partial charge >= 0.3 is 39.5 Å². The minimum Gasteiger partial charge on any atom is -0.462 e. The molecule has 17 nitrogen and oxygen atoms in total. The summed E-state index contributed by atoms with van der Waals surface area (Å²) in [5, 5.41) is 10.6. The summed E-state index contributed by atoms with van der Waals surface area (Å²) < 4.78 is 68.4. The molecule has 0 aliphatic rings. The van der Waals surface area contributed by atoms with Gasteiger partial charge in [-0.25, -0.2) is 9.13 Å². The topological polar surface area (TPSA) is 237 Å². The fraction of sp³-hybridized carbons (Fsp3) is 0.722. The minimum atomic E-state index is -4.99. The summed E-state index contributed by atoms with van der Waals surface area (Å²) in [5.74, 6) is -2.26. The lowest BCUT2D eigenvalue weighted by Crippen LogP contribution is -2.30. The van der Waals surface area contributed by atoms with Crippen LogP contribution in [0.5, 0.6) is 0 Å². The molecule has 0 saturated carbocycles. The Balaban J connectivity index is 5.39. The van der Waals surface area contributed by atoms with Gasteiger partial charge in [-0.15, -0.1) is 0 Å². The Bertz CT molecular complexity index is 2290. The summed E-state index contributed by atoms with van der Waals surface area (Å²) in [6.07, 6.45) is 75.1. The summed E-state index contributed by atoms with van der Waals surface area (Å²) in [7, 11) is -9.97. The number of phosphoric acid groups is 2. The van der Waals surface area contributed by atoms with Gasteiger partial charge in [0.05, 0.1) is 26.4 Å². The highest BCUT2D eigenvalue weighted by molar-refractivity contribution is 7.47. The van der Waals surface area contributed by atoms with Gasteiger partial charge in [-0.1, -0.05) is 265 Å². The van der Waals surface area contributed by atoms with Gasteiger partial charge in [0, 0.05) is 25.7 Å². The normalized spacial score (nSPS) is 14.6. The fourth-order valence-corrected chi connectivity index (χ4v) is 11.5. The molecule has 3 N–H and O–H groups in total. The van der Waals surface area contributed by atoms with Gasteiger partial charge < -0.3 is 33.8 Å². The molecular weight excluding hydrogens is 1280 g/mol. The summed E-state index contributed by atoms with van der Waals surface area (Å²) in [6, 6.07) is 0. The molecule has 0 amide bonds. The summed E-state index contributed by atoms with van der Waals surface area (Å²) in [4.78, 5) is 72.8. The molecule has 0 spiro atoms. The lowest BCUT2D eigenvalue weighted by molar-refractivity contribution is -0.161. The second kappa shape index (κ2) is 71.1. The molecule has 5 atom stereocenters. The first-order valence-electron chi connectivity index (χ1n) is 38.1. The van der Waals surface area contributed by atoms with Crippen molar-refractivity contribution in [1.29, 1.82) is 0 Å². The number of ether oxygens (including phenoxy) is 4. The molecule has 0 aliphatic carbocycles. The van der Waals surface area contributed by atoms with Crippen LogP contribution in [-0.2, 0) is 65.4 Å². The average molecular weight is 1420 g/mol. The van der Waals surface area contributed by atoms with E-state index in [-0.39, 0.29) is 25.7 Å². The molecular formula is C79H136O17P2. The van der Waals surface area contributed by atoms with Crippen molar-refractivity contribution in [2.45, 2.75) is 329 Å². The second-order valence-electron chi connectivity index (χ2n) is 25.2. The van der Waals surface area contributed by atoms with Gasteiger partial charge in [0.1, 0.15) is 19.3 Å². The van der Waals surface area contributed by atoms with Gasteiger partial charge in [0.2, 0.25) is 0 Å². The van der Waals surface area contributed by atoms with Gasteiger partial charge in [-0.3, -0.25) is 37.3 Å². The third-order valence-electron chi connectivity index (χ3n) is 15.7. The predicted molar refractivity (Wildman–Crippen MR) is 399 cm³/mol. The van der Waals surface area contributed by atoms with Crippen LogP contribution >= 0.6 is 15.6 Å². The standard InChI is InChI=1S/C79H136O17P2/c1-5-9-13-17-21-25-29-32-35-36-39-41-45-48-52-56-60-64-77(82)90-70-75(96-79(84)66-62-58-54-50-46-42-38-34-31-27-23-19-15-11-7-3)72-94-98(87,88)92-68-73(80)67-91-97(85,86)93-71-74(95-78(83)65-61-57-53-49-43-28-24-20-16-12-8-4)69-89-76(81)63-59-55-51-47-44-40-37-33-30-26-22-18-14-10-6-2/h9,13,21-23,25-27,32-35,37-39,41,48,52,73-75,80H,5-8,10-12,14-20,24,28-31,36,40,42-47,49-51,53-72H2,1-4H3,(H,85,86)(H,87,88)/b13-9-,25-21-,26-22-,27-23-,35-32-,37-33-,38-34-,41-39-,52-48-. The number of phosphoric ester groups is 2. The van der Waals surface area contributed by atoms with Gasteiger partial charge in [-0.05, 0) is 128 Å². The minimum absolute atomic E-state index is 0.0655. The quantitative estimate of drug-likeness (QED) is 0.0169. The first-order chi connectivity index (χ1) is 47.7. The summed E-state index contributed by atoms with van der Waals surface area (Å²) >= 11 is 0. The van der Waals surface area contributed by atoms with Crippen molar-refractivity contribution in [3.8, 4) is 0 Å². The molecule has 0 aliphatic heterocycles. The highest BCUT2D eigenvalue weighted by Gasteiger charge is 2.30. The number of unbranched alkanes of at least 4 members (excludes halogenated alkanes) is 27. The molecule has 564 valence electrons. The smallest absolute Gasteiger partial charge is 0.462 e. The van der Waals surface area contributed by atoms with Crippen LogP contribution < -0.4 is 0 Å². The summed E-state index contributed by atoms with van der Waals surface area (Å²) in [6.45, 7) is 4.61. The SMILES string of the molecule is CC/C=C\C/C=C\C/C=C\C/C=C\C/C=C\CCCC(=O)OCC(COP(=O)(O)OCC(O)COP(=O)(O)OCC(COC(=O)CCCCCCC/C=C\C/C=C\CCCCC)OC(=O)CCCCCCCCCCCCC)OC(=O)CCCCCCC/C=C\C/C=C\CCCCC. The zero-order valence-corrected chi connectivity index (χ0v) is 63.2. The lowest BCUT2D eigenvalue weighted by atomic mass is 10.1. The number of aliphatic hydroxyl groups excluding tert-OH is 1. The Morgan fingerprint density at radius 3 is 0.878 bits per heavy atom. The van der Waals surface area contributed by atoms with E-state index >= 15 is 0 Å². The number of esters is 4. The van der Waals surface area contributed by atoms with E-state index in [1.165, 1.54) is 77.0 Å². The molecule has 0 radical (unpaired) electrons. The Hall–Kier alpha value is -4.28. The Morgan fingerprint density at radius 1 is 0.296 bits per heavy atom. The second-order valence-corrected chi connectivity index (χ2v) is 28.1. The van der Waals surface area contributed by atoms with Crippen molar-refractivity contribution in [2.24, 2.45) is 0 Å². The van der Waals surface area contributed by atoms with E-state index in [1.807, 2.05) is 12.2 Å². The van der Waals surface area contributed by atoms with Crippen molar-refractivity contribution in [3.63, 3.8) is 0 Å². The van der Waals surface area contributed by atoms with Crippen molar-refractivity contribution >= 4 is 39.5 Å². The maximum atomic E-state index is 13.1. The van der Waals surface area contributed by atoms with Crippen LogP contribution in [0.4, 0.5) is 0 Å². The van der Waals surface area contributed by atoms with E-state index in [2.05, 4.69) is 125 Å². The molecule has 5 unspecified atom stereocenters. The largest absolute Gasteiger partial charge is 0.472 e. The van der Waals surface area contributed by atoms with Crippen molar-refractivity contribution < 1.29 is 80.2 Å². The molecule has 0 fully saturated rings. The van der Waals surface area contributed by atoms with Crippen LogP contribution in [0.3, 0.4) is 0 Å². The average Bonchev–Trinajstić information content (AvgIpc) is 0.986. The van der Waals surface area contributed by atoms with Crippen LogP contribution in [0.25, 0.3) is 0 Å².